The molecule has 1 N–H and O–H groups in total. The lowest BCUT2D eigenvalue weighted by atomic mass is 10.2. The van der Waals surface area contributed by atoms with E-state index in [1.165, 1.54) is 0 Å². The Morgan fingerprint density at radius 3 is 2.94 bits per heavy atom. The van der Waals surface area contributed by atoms with Gasteiger partial charge in [-0.3, -0.25) is 9.98 Å². The fourth-order valence-corrected chi connectivity index (χ4v) is 1.75. The number of rotatable bonds is 0. The second-order valence-corrected chi connectivity index (χ2v) is 3.39. The van der Waals surface area contributed by atoms with Crippen LogP contribution in [0.25, 0.3) is 11.0 Å². The molecule has 1 aromatic carbocycles. The van der Waals surface area contributed by atoms with Crippen LogP contribution >= 0.6 is 0 Å². The highest BCUT2D eigenvalue weighted by Crippen LogP contribution is 2.30. The van der Waals surface area contributed by atoms with Crippen LogP contribution < -0.4 is 0 Å². The number of hydrogen-bond acceptors (Lipinski definition) is 4. The molecular formula is C10H6N6. The first-order valence-corrected chi connectivity index (χ1v) is 4.68. The number of azo groups is 1. The lowest BCUT2D eigenvalue weighted by Gasteiger charge is -2.14. The molecule has 0 saturated heterocycles. The lowest BCUT2D eigenvalue weighted by Crippen LogP contribution is -2.17. The molecule has 76 valence electrons. The van der Waals surface area contributed by atoms with Gasteiger partial charge in [-0.25, -0.2) is 4.98 Å². The van der Waals surface area contributed by atoms with Gasteiger partial charge >= 0.3 is 0 Å². The number of nitrogens with zero attached hydrogens (tertiary/aromatic N) is 5. The standard InChI is InChI=1S/C10H6N6/c11-5-8-9(12)14-15-10-13-6-3-1-2-4-7(6)16(8)10/h1-4,8,12H. The van der Waals surface area contributed by atoms with Crippen molar-refractivity contribution in [1.29, 1.82) is 10.7 Å². The van der Waals surface area contributed by atoms with E-state index in [9.17, 15) is 0 Å². The van der Waals surface area contributed by atoms with Gasteiger partial charge in [0, 0.05) is 0 Å². The number of fused-ring (bicyclic) bond motifs is 3. The quantitative estimate of drug-likeness (QED) is 0.721. The summed E-state index contributed by atoms with van der Waals surface area (Å²) in [4.78, 5) is 4.24. The summed E-state index contributed by atoms with van der Waals surface area (Å²) in [5, 5.41) is 24.0. The van der Waals surface area contributed by atoms with Crippen molar-refractivity contribution < 1.29 is 0 Å². The molecule has 1 atom stereocenters. The van der Waals surface area contributed by atoms with Gasteiger partial charge in [0.05, 0.1) is 17.1 Å². The van der Waals surface area contributed by atoms with Gasteiger partial charge in [0.2, 0.25) is 0 Å². The number of hydrogen-bond donors (Lipinski definition) is 1. The van der Waals surface area contributed by atoms with Gasteiger partial charge in [-0.05, 0) is 12.1 Å². The van der Waals surface area contributed by atoms with Crippen molar-refractivity contribution in [2.75, 3.05) is 0 Å². The summed E-state index contributed by atoms with van der Waals surface area (Å²) in [6.45, 7) is 0. The van der Waals surface area contributed by atoms with Crippen molar-refractivity contribution in [2.45, 2.75) is 6.04 Å². The van der Waals surface area contributed by atoms with Gasteiger partial charge in [-0.2, -0.15) is 5.26 Å². The zero-order valence-corrected chi connectivity index (χ0v) is 8.12. The van der Waals surface area contributed by atoms with Gasteiger partial charge in [0.1, 0.15) is 0 Å². The molecule has 1 unspecified atom stereocenters. The number of para-hydroxylation sites is 2. The SMILES string of the molecule is N#CC1C(=N)N=Nc2nc3ccccc3n21. The smallest absolute Gasteiger partial charge is 0.252 e. The second-order valence-electron chi connectivity index (χ2n) is 3.39. The number of nitriles is 1. The van der Waals surface area contributed by atoms with Gasteiger partial charge < -0.3 is 0 Å². The Balaban J connectivity index is 2.40. The van der Waals surface area contributed by atoms with Crippen molar-refractivity contribution in [1.82, 2.24) is 9.55 Å². The molecule has 0 radical (unpaired) electrons. The number of aromatic nitrogens is 2. The number of amidine groups is 1. The molecular weight excluding hydrogens is 204 g/mol. The summed E-state index contributed by atoms with van der Waals surface area (Å²) in [5.74, 6) is 0.321. The highest BCUT2D eigenvalue weighted by atomic mass is 15.3. The molecule has 3 rings (SSSR count). The van der Waals surface area contributed by atoms with Crippen molar-refractivity contribution in [3.63, 3.8) is 0 Å². The van der Waals surface area contributed by atoms with E-state index >= 15 is 0 Å². The minimum Gasteiger partial charge on any atom is -0.283 e. The van der Waals surface area contributed by atoms with Crippen molar-refractivity contribution in [3.8, 4) is 6.07 Å². The zero-order valence-electron chi connectivity index (χ0n) is 8.12. The van der Waals surface area contributed by atoms with Crippen molar-refractivity contribution in [3.05, 3.63) is 24.3 Å². The Kier molecular flexibility index (Phi) is 1.62. The third kappa shape index (κ3) is 0.995. The van der Waals surface area contributed by atoms with E-state index in [0.29, 0.717) is 5.95 Å². The fraction of sp³-hybridized carbons (Fsp3) is 0.100. The van der Waals surface area contributed by atoms with Gasteiger partial charge in [0.15, 0.2) is 11.9 Å². The molecule has 0 saturated carbocycles. The van der Waals surface area contributed by atoms with E-state index in [2.05, 4.69) is 15.2 Å². The molecule has 0 bridgehead atoms. The van der Waals surface area contributed by atoms with E-state index in [4.69, 9.17) is 10.7 Å². The highest BCUT2D eigenvalue weighted by Gasteiger charge is 2.26. The van der Waals surface area contributed by atoms with Crippen LogP contribution in [0.5, 0.6) is 0 Å². The van der Waals surface area contributed by atoms with Crippen LogP contribution in [0.2, 0.25) is 0 Å². The van der Waals surface area contributed by atoms with E-state index in [0.717, 1.165) is 11.0 Å². The van der Waals surface area contributed by atoms with Crippen LogP contribution in [0.1, 0.15) is 6.04 Å². The topological polar surface area (TPSA) is 90.2 Å². The fourth-order valence-electron chi connectivity index (χ4n) is 1.75. The van der Waals surface area contributed by atoms with Crippen LogP contribution in [0.15, 0.2) is 34.5 Å². The van der Waals surface area contributed by atoms with E-state index in [1.54, 1.807) is 4.57 Å². The molecule has 0 fully saturated rings. The predicted molar refractivity (Wildman–Crippen MR) is 56.6 cm³/mol. The van der Waals surface area contributed by atoms with Crippen molar-refractivity contribution >= 4 is 22.8 Å². The first-order chi connectivity index (χ1) is 7.81. The molecule has 6 nitrogen and oxygen atoms in total. The van der Waals surface area contributed by atoms with E-state index in [1.807, 2.05) is 30.3 Å². The maximum atomic E-state index is 9.04. The van der Waals surface area contributed by atoms with Crippen LogP contribution in [-0.4, -0.2) is 15.4 Å². The van der Waals surface area contributed by atoms with Crippen LogP contribution in [-0.2, 0) is 0 Å². The van der Waals surface area contributed by atoms with Gasteiger partial charge in [0.25, 0.3) is 5.95 Å². The first-order valence-electron chi connectivity index (χ1n) is 4.68. The Morgan fingerprint density at radius 2 is 2.12 bits per heavy atom. The third-order valence-corrected chi connectivity index (χ3v) is 2.46. The number of benzene rings is 1. The molecule has 1 aliphatic heterocycles. The highest BCUT2D eigenvalue weighted by molar-refractivity contribution is 5.91. The van der Waals surface area contributed by atoms with Crippen LogP contribution in [0.4, 0.5) is 5.95 Å². The molecule has 0 spiro atoms. The van der Waals surface area contributed by atoms with Gasteiger partial charge in [-0.15, -0.1) is 10.2 Å². The summed E-state index contributed by atoms with van der Waals surface area (Å²) < 4.78 is 1.63. The minimum atomic E-state index is -0.736. The summed E-state index contributed by atoms with van der Waals surface area (Å²) in [6, 6.07) is 8.72. The summed E-state index contributed by atoms with van der Waals surface area (Å²) in [6.07, 6.45) is 0. The average molecular weight is 210 g/mol. The van der Waals surface area contributed by atoms with Crippen LogP contribution in [0.3, 0.4) is 0 Å². The summed E-state index contributed by atoms with van der Waals surface area (Å²) in [5.41, 5.74) is 1.55. The van der Waals surface area contributed by atoms with Crippen LogP contribution in [0, 0.1) is 16.7 Å². The van der Waals surface area contributed by atoms with E-state index < -0.39 is 6.04 Å². The monoisotopic (exact) mass is 210 g/mol. The van der Waals surface area contributed by atoms with Crippen molar-refractivity contribution in [2.24, 2.45) is 10.2 Å². The molecule has 16 heavy (non-hydrogen) atoms. The number of imidazole rings is 1. The maximum Gasteiger partial charge on any atom is 0.252 e. The second kappa shape index (κ2) is 2.97. The minimum absolute atomic E-state index is 0.0573. The normalized spacial score (nSPS) is 18.4. The Bertz CT molecular complexity index is 659. The largest absolute Gasteiger partial charge is 0.283 e. The van der Waals surface area contributed by atoms with Gasteiger partial charge in [-0.1, -0.05) is 12.1 Å². The first kappa shape index (κ1) is 8.73. The summed E-state index contributed by atoms with van der Waals surface area (Å²) in [7, 11) is 0. The Hall–Kier alpha value is -2.55. The molecule has 1 aromatic heterocycles. The lowest BCUT2D eigenvalue weighted by molar-refractivity contribution is 0.746. The zero-order chi connectivity index (χ0) is 11.1. The molecule has 0 aliphatic carbocycles. The number of nitrogens with one attached hydrogen (secondary N) is 1. The van der Waals surface area contributed by atoms with E-state index in [-0.39, 0.29) is 5.84 Å². The maximum absolute atomic E-state index is 9.04. The molecule has 2 heterocycles. The molecule has 0 amide bonds. The molecule has 6 heteroatoms. The third-order valence-electron chi connectivity index (χ3n) is 2.46. The predicted octanol–water partition coefficient (Wildman–Crippen LogP) is 2.18. The Morgan fingerprint density at radius 1 is 1.31 bits per heavy atom. The molecule has 2 aromatic rings. The average Bonchev–Trinajstić information content (AvgIpc) is 2.68. The Labute approximate surface area is 90.4 Å². The summed E-state index contributed by atoms with van der Waals surface area (Å²) >= 11 is 0. The molecule has 1 aliphatic rings.